The highest BCUT2D eigenvalue weighted by molar-refractivity contribution is 6.00. The average Bonchev–Trinajstić information content (AvgIpc) is 2.29. The molecule has 0 saturated carbocycles. The second-order valence-corrected chi connectivity index (χ2v) is 3.06. The quantitative estimate of drug-likeness (QED) is 0.499. The lowest BCUT2D eigenvalue weighted by atomic mass is 10.2. The van der Waals surface area contributed by atoms with Gasteiger partial charge >= 0.3 is 0 Å². The van der Waals surface area contributed by atoms with Gasteiger partial charge in [-0.25, -0.2) is 0 Å². The van der Waals surface area contributed by atoms with E-state index in [2.05, 4.69) is 15.0 Å². The van der Waals surface area contributed by atoms with Crippen molar-refractivity contribution in [2.75, 3.05) is 0 Å². The number of fused-ring (bicyclic) bond motifs is 3. The van der Waals surface area contributed by atoms with Crippen LogP contribution in [0.15, 0.2) is 42.9 Å². The van der Waals surface area contributed by atoms with Crippen LogP contribution in [0.1, 0.15) is 0 Å². The van der Waals surface area contributed by atoms with Crippen LogP contribution in [0.5, 0.6) is 0 Å². The van der Waals surface area contributed by atoms with Crippen molar-refractivity contribution in [3.63, 3.8) is 0 Å². The second-order valence-electron chi connectivity index (χ2n) is 3.06. The summed E-state index contributed by atoms with van der Waals surface area (Å²) >= 11 is 0. The molecule has 0 unspecified atom stereocenters. The Bertz CT molecular complexity index is 550. The summed E-state index contributed by atoms with van der Waals surface area (Å²) in [5.41, 5.74) is 2.67. The zero-order valence-electron chi connectivity index (χ0n) is 7.38. The minimum atomic E-state index is 0.866. The first-order valence-corrected chi connectivity index (χ1v) is 4.39. The Morgan fingerprint density at radius 1 is 0.714 bits per heavy atom. The van der Waals surface area contributed by atoms with Gasteiger partial charge in [-0.15, -0.1) is 0 Å². The zero-order chi connectivity index (χ0) is 9.38. The van der Waals surface area contributed by atoms with Crippen LogP contribution in [-0.4, -0.2) is 15.0 Å². The molecule has 3 nitrogen and oxygen atoms in total. The highest BCUT2D eigenvalue weighted by Crippen LogP contribution is 2.18. The van der Waals surface area contributed by atoms with E-state index in [0.29, 0.717) is 0 Å². The summed E-state index contributed by atoms with van der Waals surface area (Å²) in [7, 11) is 0. The normalized spacial score (nSPS) is 10.9. The zero-order valence-corrected chi connectivity index (χ0v) is 7.38. The van der Waals surface area contributed by atoms with E-state index in [9.17, 15) is 0 Å². The number of aromatic nitrogens is 3. The molecule has 66 valence electrons. The van der Waals surface area contributed by atoms with Crippen LogP contribution in [0.4, 0.5) is 0 Å². The number of hydrogen-bond donors (Lipinski definition) is 0. The summed E-state index contributed by atoms with van der Waals surface area (Å²) in [6, 6.07) is 7.92. The van der Waals surface area contributed by atoms with Crippen molar-refractivity contribution < 1.29 is 0 Å². The van der Waals surface area contributed by atoms with Gasteiger partial charge in [-0.2, -0.15) is 0 Å². The Morgan fingerprint density at radius 3 is 2.57 bits per heavy atom. The number of benzene rings is 1. The van der Waals surface area contributed by atoms with Crippen LogP contribution in [0.2, 0.25) is 0 Å². The fourth-order valence-corrected chi connectivity index (χ4v) is 1.57. The molecule has 3 aromatic rings. The molecule has 2 aromatic heterocycles. The Morgan fingerprint density at radius 2 is 1.57 bits per heavy atom. The van der Waals surface area contributed by atoms with Gasteiger partial charge in [-0.3, -0.25) is 15.0 Å². The van der Waals surface area contributed by atoms with Crippen molar-refractivity contribution in [2.45, 2.75) is 0 Å². The summed E-state index contributed by atoms with van der Waals surface area (Å²) in [5, 5.41) is 1.10. The average molecular weight is 181 g/mol. The topological polar surface area (TPSA) is 38.7 Å². The third-order valence-corrected chi connectivity index (χ3v) is 2.21. The van der Waals surface area contributed by atoms with Gasteiger partial charge in [0, 0.05) is 24.0 Å². The van der Waals surface area contributed by atoms with Crippen molar-refractivity contribution in [3.8, 4) is 0 Å². The molecule has 14 heavy (non-hydrogen) atoms. The first kappa shape index (κ1) is 7.38. The Labute approximate surface area is 80.5 Å². The van der Waals surface area contributed by atoms with Gasteiger partial charge in [0.2, 0.25) is 0 Å². The smallest absolute Gasteiger partial charge is 0.115 e. The molecule has 1 aromatic carbocycles. The fourth-order valence-electron chi connectivity index (χ4n) is 1.57. The third-order valence-electron chi connectivity index (χ3n) is 2.21. The number of rotatable bonds is 0. The minimum absolute atomic E-state index is 0.866. The lowest BCUT2D eigenvalue weighted by molar-refractivity contribution is 1.29. The standard InChI is InChI=1S/C11H7N3/c1-2-8-3-4-9-11(10(8)13-5-1)14-7-6-12-9/h1-7H. The van der Waals surface area contributed by atoms with Gasteiger partial charge in [0.15, 0.2) is 0 Å². The van der Waals surface area contributed by atoms with E-state index in [1.165, 1.54) is 0 Å². The molecule has 3 rings (SSSR count). The lowest BCUT2D eigenvalue weighted by Gasteiger charge is -1.99. The van der Waals surface area contributed by atoms with E-state index in [-0.39, 0.29) is 0 Å². The van der Waals surface area contributed by atoms with Crippen molar-refractivity contribution in [3.05, 3.63) is 42.9 Å². The highest BCUT2D eigenvalue weighted by Gasteiger charge is 2.01. The minimum Gasteiger partial charge on any atom is -0.254 e. The van der Waals surface area contributed by atoms with Gasteiger partial charge < -0.3 is 0 Å². The van der Waals surface area contributed by atoms with E-state index in [1.54, 1.807) is 18.6 Å². The maximum atomic E-state index is 4.31. The molecule has 3 heteroatoms. The van der Waals surface area contributed by atoms with Gasteiger partial charge in [-0.05, 0) is 12.1 Å². The molecule has 2 heterocycles. The van der Waals surface area contributed by atoms with Crippen molar-refractivity contribution in [1.82, 2.24) is 15.0 Å². The molecule has 0 aliphatic heterocycles. The molecular weight excluding hydrogens is 174 g/mol. The van der Waals surface area contributed by atoms with Crippen molar-refractivity contribution >= 4 is 21.9 Å². The van der Waals surface area contributed by atoms with Crippen molar-refractivity contribution in [2.24, 2.45) is 0 Å². The third kappa shape index (κ3) is 0.956. The van der Waals surface area contributed by atoms with Crippen LogP contribution < -0.4 is 0 Å². The number of hydrogen-bond acceptors (Lipinski definition) is 3. The molecule has 0 aliphatic carbocycles. The molecular formula is C11H7N3. The van der Waals surface area contributed by atoms with Crippen LogP contribution in [0.25, 0.3) is 21.9 Å². The largest absolute Gasteiger partial charge is 0.254 e. The Hall–Kier alpha value is -2.03. The number of nitrogens with zero attached hydrogens (tertiary/aromatic N) is 3. The molecule has 0 spiro atoms. The Balaban J connectivity index is 2.61. The van der Waals surface area contributed by atoms with Gasteiger partial charge in [0.25, 0.3) is 0 Å². The molecule has 0 atom stereocenters. The predicted octanol–water partition coefficient (Wildman–Crippen LogP) is 2.18. The van der Waals surface area contributed by atoms with Gasteiger partial charge in [0.05, 0.1) is 11.0 Å². The SMILES string of the molecule is c1cnc2c(c1)ccc1nccnc12. The molecule has 0 N–H and O–H groups in total. The monoisotopic (exact) mass is 181 g/mol. The summed E-state index contributed by atoms with van der Waals surface area (Å²) in [6.07, 6.45) is 5.16. The maximum Gasteiger partial charge on any atom is 0.115 e. The molecule has 0 saturated heterocycles. The summed E-state index contributed by atoms with van der Waals surface area (Å²) < 4.78 is 0. The highest BCUT2D eigenvalue weighted by atomic mass is 14.8. The van der Waals surface area contributed by atoms with Gasteiger partial charge in [-0.1, -0.05) is 12.1 Å². The fraction of sp³-hybridized carbons (Fsp3) is 0. The predicted molar refractivity (Wildman–Crippen MR) is 54.8 cm³/mol. The summed E-state index contributed by atoms with van der Waals surface area (Å²) in [6.45, 7) is 0. The summed E-state index contributed by atoms with van der Waals surface area (Å²) in [5.74, 6) is 0. The molecule has 0 radical (unpaired) electrons. The van der Waals surface area contributed by atoms with E-state index in [0.717, 1.165) is 21.9 Å². The maximum absolute atomic E-state index is 4.31. The van der Waals surface area contributed by atoms with Crippen LogP contribution in [0, 0.1) is 0 Å². The van der Waals surface area contributed by atoms with Crippen LogP contribution in [-0.2, 0) is 0 Å². The Kier molecular flexibility index (Phi) is 1.44. The number of pyridine rings is 1. The van der Waals surface area contributed by atoms with E-state index >= 15 is 0 Å². The van der Waals surface area contributed by atoms with Crippen molar-refractivity contribution in [1.29, 1.82) is 0 Å². The van der Waals surface area contributed by atoms with E-state index < -0.39 is 0 Å². The second kappa shape index (κ2) is 2.73. The molecule has 0 amide bonds. The molecule has 0 bridgehead atoms. The van der Waals surface area contributed by atoms with Crippen LogP contribution in [0.3, 0.4) is 0 Å². The van der Waals surface area contributed by atoms with E-state index in [1.807, 2.05) is 24.3 Å². The first-order valence-electron chi connectivity index (χ1n) is 4.39. The molecule has 0 aliphatic rings. The first-order chi connectivity index (χ1) is 6.95. The van der Waals surface area contributed by atoms with E-state index in [4.69, 9.17) is 0 Å². The van der Waals surface area contributed by atoms with Crippen LogP contribution >= 0.6 is 0 Å². The lowest BCUT2D eigenvalue weighted by Crippen LogP contribution is -1.85. The molecule has 0 fully saturated rings. The van der Waals surface area contributed by atoms with Gasteiger partial charge in [0.1, 0.15) is 5.52 Å². The summed E-state index contributed by atoms with van der Waals surface area (Å²) in [4.78, 5) is 12.8.